The number of nitrogens with zero attached hydrogens (tertiary/aromatic N) is 6. The summed E-state index contributed by atoms with van der Waals surface area (Å²) in [5, 5.41) is 9.18. The largest absolute Gasteiger partial charge is 0.387 e. The molecule has 58 heavy (non-hydrogen) atoms. The van der Waals surface area contributed by atoms with Crippen molar-refractivity contribution in [3.05, 3.63) is 117 Å². The molecule has 5 heterocycles. The van der Waals surface area contributed by atoms with Crippen LogP contribution in [0.5, 0.6) is 0 Å². The van der Waals surface area contributed by atoms with Crippen LogP contribution < -0.4 is 16.3 Å². The van der Waals surface area contributed by atoms with Crippen molar-refractivity contribution in [2.45, 2.75) is 65.8 Å². The number of halogens is 2. The van der Waals surface area contributed by atoms with E-state index in [9.17, 15) is 18.5 Å². The maximum Gasteiger partial charge on any atom is 0.338 e. The third-order valence-electron chi connectivity index (χ3n) is 12.4. The number of aryl methyl sites for hydroxylation is 3. The summed E-state index contributed by atoms with van der Waals surface area (Å²) >= 11 is 0. The van der Waals surface area contributed by atoms with Crippen LogP contribution in [0.15, 0.2) is 65.7 Å². The second-order valence-corrected chi connectivity index (χ2v) is 19.1. The molecule has 2 aliphatic heterocycles. The van der Waals surface area contributed by atoms with Gasteiger partial charge in [-0.05, 0) is 98.7 Å². The number of carbonyl (C=O) groups is 1. The number of ether oxygens (including phenoxy) is 1. The average Bonchev–Trinajstić information content (AvgIpc) is 3.91. The van der Waals surface area contributed by atoms with E-state index < -0.39 is 24.7 Å². The molecule has 1 amide bonds. The molecule has 0 spiro atoms. The number of hydrogen-bond acceptors (Lipinski definition) is 6. The molecule has 1 fully saturated rings. The molecule has 11 nitrogen and oxygen atoms in total. The number of fused-ring (bicyclic) bond motifs is 2. The lowest BCUT2D eigenvalue weighted by Crippen LogP contribution is -2.40. The van der Waals surface area contributed by atoms with Gasteiger partial charge in [-0.2, -0.15) is 5.10 Å². The first-order chi connectivity index (χ1) is 27.8. The summed E-state index contributed by atoms with van der Waals surface area (Å²) in [4.78, 5) is 31.0. The number of hydrogen-bond donors (Lipinski definition) is 1. The van der Waals surface area contributed by atoms with Gasteiger partial charge in [0.2, 0.25) is 0 Å². The Kier molecular flexibility index (Phi) is 10.3. The van der Waals surface area contributed by atoms with Crippen molar-refractivity contribution in [1.29, 1.82) is 0 Å². The van der Waals surface area contributed by atoms with E-state index in [4.69, 9.17) is 9.84 Å². The SMILES string of the molecule is CCP(=O)(CC)c1c(F)cc(-n2ccn(-c3c4c(nn3-c3cc(C)c(F)c(C)c3)CCN(C(=O)c3cc5cc(C6CCOCC6)ccc5n3C)[C@H]4C)c2=O)cc1NC. The zero-order chi connectivity index (χ0) is 41.2. The van der Waals surface area contributed by atoms with Crippen LogP contribution in [0.3, 0.4) is 0 Å². The molecular weight excluding hydrogens is 759 g/mol. The predicted molar refractivity (Wildman–Crippen MR) is 225 cm³/mol. The van der Waals surface area contributed by atoms with Crippen molar-refractivity contribution in [1.82, 2.24) is 28.4 Å². The van der Waals surface area contributed by atoms with Crippen LogP contribution in [0.4, 0.5) is 14.5 Å². The van der Waals surface area contributed by atoms with Gasteiger partial charge in [0.15, 0.2) is 0 Å². The van der Waals surface area contributed by atoms with Crippen molar-refractivity contribution in [3.8, 4) is 17.2 Å². The Morgan fingerprint density at radius 3 is 2.33 bits per heavy atom. The van der Waals surface area contributed by atoms with Gasteiger partial charge in [0, 0.05) is 87.1 Å². The van der Waals surface area contributed by atoms with Gasteiger partial charge in [-0.15, -0.1) is 0 Å². The minimum Gasteiger partial charge on any atom is -0.387 e. The van der Waals surface area contributed by atoms with Crippen LogP contribution in [0, 0.1) is 25.5 Å². The number of nitrogens with one attached hydrogen (secondary N) is 1. The topological polar surface area (TPSA) is 108 Å². The maximum atomic E-state index is 16.0. The van der Waals surface area contributed by atoms with E-state index >= 15 is 4.39 Å². The number of amides is 1. The van der Waals surface area contributed by atoms with Crippen LogP contribution in [0.1, 0.15) is 84.0 Å². The minimum atomic E-state index is -3.02. The summed E-state index contributed by atoms with van der Waals surface area (Å²) in [5.74, 6) is -0.298. The van der Waals surface area contributed by atoms with Gasteiger partial charge in [0.1, 0.15) is 30.3 Å². The zero-order valence-corrected chi connectivity index (χ0v) is 35.0. The van der Waals surface area contributed by atoms with E-state index in [0.717, 1.165) is 37.0 Å². The number of benzene rings is 3. The third-order valence-corrected chi connectivity index (χ3v) is 15.7. The van der Waals surface area contributed by atoms with Crippen molar-refractivity contribution in [3.63, 3.8) is 0 Å². The molecule has 1 atom stereocenters. The van der Waals surface area contributed by atoms with E-state index in [-0.39, 0.29) is 22.7 Å². The molecule has 2 aliphatic rings. The molecule has 0 bridgehead atoms. The van der Waals surface area contributed by atoms with Crippen LogP contribution in [-0.4, -0.2) is 73.4 Å². The quantitative estimate of drug-likeness (QED) is 0.149. The summed E-state index contributed by atoms with van der Waals surface area (Å²) in [5.41, 5.74) is 5.67. The standard InChI is InChI=1S/C44H50F2N7O4P/c1-8-58(56,9-2)41-34(45)24-32(25-36(41)47-6)51-16-17-52(44(51)55)42-39-28(5)50(15-12-35(39)48-53(42)33-20-26(3)40(46)27(4)21-33)43(54)38-23-31-22-30(10-11-37(31)49(38)7)29-13-18-57-19-14-29/h10-11,16-17,20-25,28-29,47H,8-9,12-15,18-19H2,1-7H3/t28-/m0/s1. The van der Waals surface area contributed by atoms with E-state index in [2.05, 4.69) is 23.5 Å². The van der Waals surface area contributed by atoms with Gasteiger partial charge in [-0.25, -0.2) is 18.3 Å². The molecule has 3 aromatic carbocycles. The first kappa shape index (κ1) is 39.6. The summed E-state index contributed by atoms with van der Waals surface area (Å²) in [6, 6.07) is 14.2. The number of aromatic nitrogens is 5. The van der Waals surface area contributed by atoms with Crippen LogP contribution in [-0.2, 0) is 22.8 Å². The first-order valence-corrected chi connectivity index (χ1v) is 22.2. The van der Waals surface area contributed by atoms with E-state index in [1.807, 2.05) is 29.5 Å². The highest BCUT2D eigenvalue weighted by atomic mass is 31.2. The van der Waals surface area contributed by atoms with Gasteiger partial charge in [-0.1, -0.05) is 19.9 Å². The molecule has 0 unspecified atom stereocenters. The van der Waals surface area contributed by atoms with Crippen LogP contribution >= 0.6 is 7.14 Å². The summed E-state index contributed by atoms with van der Waals surface area (Å²) < 4.78 is 56.6. The van der Waals surface area contributed by atoms with Gasteiger partial charge in [0.05, 0.1) is 28.4 Å². The highest BCUT2D eigenvalue weighted by Gasteiger charge is 2.37. The molecule has 0 saturated carbocycles. The molecule has 1 saturated heterocycles. The normalized spacial score (nSPS) is 16.3. The lowest BCUT2D eigenvalue weighted by atomic mass is 9.91. The first-order valence-electron chi connectivity index (χ1n) is 20.1. The summed E-state index contributed by atoms with van der Waals surface area (Å²) in [6.45, 7) is 10.8. The lowest BCUT2D eigenvalue weighted by molar-refractivity contribution is 0.0667. The Balaban J connectivity index is 1.24. The van der Waals surface area contributed by atoms with Gasteiger partial charge < -0.3 is 24.1 Å². The highest BCUT2D eigenvalue weighted by Crippen LogP contribution is 2.47. The zero-order valence-electron chi connectivity index (χ0n) is 34.1. The van der Waals surface area contributed by atoms with Crippen molar-refractivity contribution < 1.29 is 22.9 Å². The fraction of sp³-hybridized carbons (Fsp3) is 0.386. The molecule has 1 N–H and O–H groups in total. The fourth-order valence-corrected chi connectivity index (χ4v) is 11.1. The Bertz CT molecular complexity index is 2670. The second kappa shape index (κ2) is 15.2. The smallest absolute Gasteiger partial charge is 0.338 e. The van der Waals surface area contributed by atoms with Gasteiger partial charge >= 0.3 is 5.69 Å². The Morgan fingerprint density at radius 2 is 1.66 bits per heavy atom. The number of carbonyl (C=O) groups excluding carboxylic acids is 1. The Hall–Kier alpha value is -5.26. The summed E-state index contributed by atoms with van der Waals surface area (Å²) in [7, 11) is 0.530. The number of rotatable bonds is 9. The summed E-state index contributed by atoms with van der Waals surface area (Å²) in [6.07, 6.45) is 6.12. The van der Waals surface area contributed by atoms with E-state index in [1.54, 1.807) is 70.0 Å². The Morgan fingerprint density at radius 1 is 0.966 bits per heavy atom. The van der Waals surface area contributed by atoms with Gasteiger partial charge in [-0.3, -0.25) is 13.9 Å². The number of anilines is 1. The molecular formula is C44H50F2N7O4P. The lowest BCUT2D eigenvalue weighted by Gasteiger charge is -2.33. The van der Waals surface area contributed by atoms with Crippen LogP contribution in [0.2, 0.25) is 0 Å². The maximum absolute atomic E-state index is 16.0. The molecule has 6 aromatic rings. The third kappa shape index (κ3) is 6.43. The van der Waals surface area contributed by atoms with Crippen LogP contribution in [0.25, 0.3) is 28.1 Å². The number of imidazole rings is 1. The molecule has 3 aromatic heterocycles. The van der Waals surface area contributed by atoms with Crippen molar-refractivity contribution >= 4 is 34.9 Å². The molecule has 8 rings (SSSR count). The van der Waals surface area contributed by atoms with Crippen molar-refractivity contribution in [2.75, 3.05) is 44.4 Å². The molecule has 304 valence electrons. The van der Waals surface area contributed by atoms with E-state index in [1.165, 1.54) is 20.8 Å². The predicted octanol–water partition coefficient (Wildman–Crippen LogP) is 7.92. The Labute approximate surface area is 336 Å². The van der Waals surface area contributed by atoms with Crippen molar-refractivity contribution in [2.24, 2.45) is 7.05 Å². The molecule has 0 aliphatic carbocycles. The monoisotopic (exact) mass is 809 g/mol. The van der Waals surface area contributed by atoms with E-state index in [0.29, 0.717) is 76.5 Å². The molecule has 0 radical (unpaired) electrons. The second-order valence-electron chi connectivity index (χ2n) is 15.6. The molecule has 14 heteroatoms. The minimum absolute atomic E-state index is 0.145. The highest BCUT2D eigenvalue weighted by molar-refractivity contribution is 7.71. The van der Waals surface area contributed by atoms with Gasteiger partial charge in [0.25, 0.3) is 5.91 Å². The average molecular weight is 810 g/mol. The fourth-order valence-electron chi connectivity index (χ4n) is 9.00.